The monoisotopic (exact) mass is 584 g/mol. The van der Waals surface area contributed by atoms with Crippen molar-refractivity contribution < 1.29 is 0 Å². The van der Waals surface area contributed by atoms with E-state index in [1.807, 2.05) is 24.3 Å². The molecule has 1 aliphatic rings. The van der Waals surface area contributed by atoms with Gasteiger partial charge in [-0.25, -0.2) is 4.99 Å². The van der Waals surface area contributed by atoms with E-state index in [1.165, 1.54) is 27.1 Å². The Morgan fingerprint density at radius 1 is 0.614 bits per heavy atom. The molecule has 212 valence electrons. The van der Waals surface area contributed by atoms with E-state index in [-0.39, 0.29) is 6.17 Å². The lowest BCUT2D eigenvalue weighted by atomic mass is 10.0. The number of aliphatic imine (C=N–C) groups is 1. The summed E-state index contributed by atoms with van der Waals surface area (Å²) in [6.45, 7) is 0.714. The molecule has 4 nitrogen and oxygen atoms in total. The number of hydrogen-bond acceptors (Lipinski definition) is 4. The maximum atomic E-state index is 5.07. The second kappa shape index (κ2) is 13.0. The highest BCUT2D eigenvalue weighted by Crippen LogP contribution is 2.31. The Morgan fingerprint density at radius 2 is 1.25 bits per heavy atom. The molecule has 6 aromatic rings. The second-order valence-corrected chi connectivity index (χ2v) is 12.2. The van der Waals surface area contributed by atoms with Crippen LogP contribution in [0.4, 0.5) is 11.4 Å². The average molecular weight is 585 g/mol. The zero-order chi connectivity index (χ0) is 29.6. The summed E-state index contributed by atoms with van der Waals surface area (Å²) in [6.07, 6.45) is -0.102. The zero-order valence-electron chi connectivity index (χ0n) is 24.3. The van der Waals surface area contributed by atoms with Gasteiger partial charge in [0.05, 0.1) is 0 Å². The Morgan fingerprint density at radius 3 is 2.02 bits per heavy atom. The van der Waals surface area contributed by atoms with E-state index in [0.29, 0.717) is 16.1 Å². The minimum absolute atomic E-state index is 0.102. The van der Waals surface area contributed by atoms with Crippen LogP contribution < -0.4 is 21.1 Å². The summed E-state index contributed by atoms with van der Waals surface area (Å²) < 4.78 is 0. The highest BCUT2D eigenvalue weighted by atomic mass is 28.2. The van der Waals surface area contributed by atoms with Crippen molar-refractivity contribution in [3.63, 3.8) is 0 Å². The SMILES string of the molecule is c1ccc([Si]c2cccc(-c3ccccc3Nc3ccc(CN4NC(c5ccccc5)=NC4c4ccccc4)cc3)c2)cc1. The van der Waals surface area contributed by atoms with E-state index < -0.39 is 0 Å². The first kappa shape index (κ1) is 27.6. The van der Waals surface area contributed by atoms with Crippen LogP contribution in [-0.4, -0.2) is 20.4 Å². The molecule has 44 heavy (non-hydrogen) atoms. The molecule has 0 aliphatic carbocycles. The van der Waals surface area contributed by atoms with Crippen molar-refractivity contribution in [3.05, 3.63) is 180 Å². The van der Waals surface area contributed by atoms with Crippen LogP contribution in [0.25, 0.3) is 11.1 Å². The number of nitrogens with zero attached hydrogens (tertiary/aromatic N) is 2. The fraction of sp³-hybridized carbons (Fsp3) is 0.0513. The van der Waals surface area contributed by atoms with Gasteiger partial charge in [0.25, 0.3) is 0 Å². The molecule has 0 saturated carbocycles. The summed E-state index contributed by atoms with van der Waals surface area (Å²) in [5, 5.41) is 8.56. The fourth-order valence-electron chi connectivity index (χ4n) is 5.50. The first-order chi connectivity index (χ1) is 21.8. The quantitative estimate of drug-likeness (QED) is 0.176. The van der Waals surface area contributed by atoms with Crippen LogP contribution in [-0.2, 0) is 6.54 Å². The molecular formula is C39H32N4Si. The lowest BCUT2D eigenvalue weighted by molar-refractivity contribution is 0.181. The fourth-order valence-corrected chi connectivity index (χ4v) is 6.60. The van der Waals surface area contributed by atoms with Crippen molar-refractivity contribution in [3.8, 4) is 11.1 Å². The number of nitrogens with one attached hydrogen (secondary N) is 2. The first-order valence-corrected chi connectivity index (χ1v) is 15.9. The van der Waals surface area contributed by atoms with Crippen molar-refractivity contribution in [1.29, 1.82) is 0 Å². The summed E-state index contributed by atoms with van der Waals surface area (Å²) in [7, 11) is 0.630. The number of rotatable bonds is 9. The van der Waals surface area contributed by atoms with E-state index in [2.05, 4.69) is 155 Å². The minimum Gasteiger partial charge on any atom is -0.355 e. The number of anilines is 2. The van der Waals surface area contributed by atoms with Crippen LogP contribution in [0.3, 0.4) is 0 Å². The molecule has 1 atom stereocenters. The maximum absolute atomic E-state index is 5.07. The molecule has 0 amide bonds. The van der Waals surface area contributed by atoms with Crippen molar-refractivity contribution >= 4 is 37.1 Å². The van der Waals surface area contributed by atoms with Gasteiger partial charge in [0.2, 0.25) is 0 Å². The standard InChI is InChI=1S/C39H32N4Si/c1-4-13-30(14-5-1)38-41-39(31-15-6-2-7-16-31)43(42-38)28-29-23-25-33(26-24-29)40-37-22-11-10-21-36(37)32-17-12-20-35(27-32)44-34-18-8-3-9-19-34/h1-27,39-40H,28H2,(H,41,42). The molecule has 1 heterocycles. The predicted molar refractivity (Wildman–Crippen MR) is 184 cm³/mol. The first-order valence-electron chi connectivity index (χ1n) is 14.9. The van der Waals surface area contributed by atoms with Gasteiger partial charge in [-0.05, 0) is 34.9 Å². The highest BCUT2D eigenvalue weighted by Gasteiger charge is 2.28. The molecular weight excluding hydrogens is 553 g/mol. The maximum Gasteiger partial charge on any atom is 0.147 e. The molecule has 7 rings (SSSR count). The van der Waals surface area contributed by atoms with Crippen molar-refractivity contribution in [1.82, 2.24) is 10.4 Å². The minimum atomic E-state index is -0.102. The normalized spacial score (nSPS) is 14.5. The van der Waals surface area contributed by atoms with Crippen LogP contribution in [0.1, 0.15) is 22.9 Å². The van der Waals surface area contributed by atoms with Crippen molar-refractivity contribution in [2.24, 2.45) is 4.99 Å². The third kappa shape index (κ3) is 6.39. The van der Waals surface area contributed by atoms with Crippen LogP contribution in [0.15, 0.2) is 169 Å². The van der Waals surface area contributed by atoms with Gasteiger partial charge in [-0.2, -0.15) is 5.01 Å². The number of hydrazine groups is 1. The Balaban J connectivity index is 1.07. The average Bonchev–Trinajstić information content (AvgIpc) is 3.51. The Kier molecular flexibility index (Phi) is 8.13. The van der Waals surface area contributed by atoms with E-state index in [0.717, 1.165) is 28.3 Å². The molecule has 0 saturated heterocycles. The van der Waals surface area contributed by atoms with Crippen LogP contribution in [0.5, 0.6) is 0 Å². The van der Waals surface area contributed by atoms with E-state index >= 15 is 0 Å². The third-order valence-electron chi connectivity index (χ3n) is 7.69. The summed E-state index contributed by atoms with van der Waals surface area (Å²) in [4.78, 5) is 5.07. The number of para-hydroxylation sites is 1. The summed E-state index contributed by atoms with van der Waals surface area (Å²) in [6, 6.07) is 57.6. The van der Waals surface area contributed by atoms with Crippen molar-refractivity contribution in [2.45, 2.75) is 12.7 Å². The van der Waals surface area contributed by atoms with Gasteiger partial charge in [0.1, 0.15) is 21.5 Å². The topological polar surface area (TPSA) is 39.7 Å². The summed E-state index contributed by atoms with van der Waals surface area (Å²) in [5.74, 6) is 0.891. The number of benzene rings is 6. The molecule has 1 aliphatic heterocycles. The zero-order valence-corrected chi connectivity index (χ0v) is 25.3. The lowest BCUT2D eigenvalue weighted by Crippen LogP contribution is -2.37. The van der Waals surface area contributed by atoms with Crippen LogP contribution in [0, 0.1) is 0 Å². The molecule has 0 spiro atoms. The molecule has 0 fully saturated rings. The molecule has 2 radical (unpaired) electrons. The largest absolute Gasteiger partial charge is 0.355 e. The lowest BCUT2D eigenvalue weighted by Gasteiger charge is -2.24. The molecule has 0 bridgehead atoms. The molecule has 1 unspecified atom stereocenters. The van der Waals surface area contributed by atoms with Crippen LogP contribution >= 0.6 is 0 Å². The third-order valence-corrected chi connectivity index (χ3v) is 8.91. The van der Waals surface area contributed by atoms with Gasteiger partial charge < -0.3 is 10.7 Å². The second-order valence-electron chi connectivity index (χ2n) is 10.8. The Bertz CT molecular complexity index is 1860. The Labute approximate surface area is 261 Å². The van der Waals surface area contributed by atoms with Gasteiger partial charge in [-0.15, -0.1) is 0 Å². The van der Waals surface area contributed by atoms with Crippen LogP contribution in [0.2, 0.25) is 0 Å². The number of hydrogen-bond donors (Lipinski definition) is 2. The number of amidine groups is 1. The van der Waals surface area contributed by atoms with Gasteiger partial charge in [-0.1, -0.05) is 156 Å². The Hall–Kier alpha value is -5.23. The smallest absolute Gasteiger partial charge is 0.147 e. The van der Waals surface area contributed by atoms with E-state index in [9.17, 15) is 0 Å². The summed E-state index contributed by atoms with van der Waals surface area (Å²) >= 11 is 0. The van der Waals surface area contributed by atoms with Gasteiger partial charge in [0, 0.05) is 29.0 Å². The summed E-state index contributed by atoms with van der Waals surface area (Å²) in [5.41, 5.74) is 11.6. The van der Waals surface area contributed by atoms with Gasteiger partial charge in [-0.3, -0.25) is 0 Å². The van der Waals surface area contributed by atoms with Gasteiger partial charge in [0.15, 0.2) is 0 Å². The predicted octanol–water partition coefficient (Wildman–Crippen LogP) is 7.22. The molecule has 5 heteroatoms. The van der Waals surface area contributed by atoms with E-state index in [4.69, 9.17) is 4.99 Å². The molecule has 6 aromatic carbocycles. The molecule has 2 N–H and O–H groups in total. The highest BCUT2D eigenvalue weighted by molar-refractivity contribution is 6.67. The van der Waals surface area contributed by atoms with Gasteiger partial charge >= 0.3 is 0 Å². The molecule has 0 aromatic heterocycles. The van der Waals surface area contributed by atoms with Crippen molar-refractivity contribution in [2.75, 3.05) is 5.32 Å². The van der Waals surface area contributed by atoms with E-state index in [1.54, 1.807) is 0 Å².